The number of rotatable bonds is 11. The Bertz CT molecular complexity index is 439. The van der Waals surface area contributed by atoms with Gasteiger partial charge >= 0.3 is 7.32 Å². The van der Waals surface area contributed by atoms with Crippen molar-refractivity contribution < 1.29 is 23.9 Å². The lowest BCUT2D eigenvalue weighted by Gasteiger charge is -2.17. The van der Waals surface area contributed by atoms with Gasteiger partial charge in [0.15, 0.2) is 0 Å². The number of benzene rings is 1. The third kappa shape index (κ3) is 7.52. The van der Waals surface area contributed by atoms with E-state index in [-0.39, 0.29) is 5.75 Å². The van der Waals surface area contributed by atoms with E-state index < -0.39 is 19.2 Å². The third-order valence-electron chi connectivity index (χ3n) is 3.46. The molecule has 0 bridgehead atoms. The molecule has 0 spiro atoms. The van der Waals surface area contributed by atoms with Crippen LogP contribution in [0, 0.1) is 0 Å². The fourth-order valence-corrected chi connectivity index (χ4v) is 1.86. The molecule has 23 heavy (non-hydrogen) atoms. The summed E-state index contributed by atoms with van der Waals surface area (Å²) in [5.41, 5.74) is 0.772. The molecule has 0 fully saturated rings. The molecule has 0 aliphatic heterocycles. The first kappa shape index (κ1) is 19.5. The van der Waals surface area contributed by atoms with Gasteiger partial charge < -0.3 is 19.1 Å². The van der Waals surface area contributed by atoms with E-state index >= 15 is 0 Å². The highest BCUT2D eigenvalue weighted by Gasteiger charge is 2.29. The minimum absolute atomic E-state index is 0.165. The van der Waals surface area contributed by atoms with Gasteiger partial charge in [0, 0.05) is 13.2 Å². The lowest BCUT2D eigenvalue weighted by Crippen LogP contribution is -2.32. The summed E-state index contributed by atoms with van der Waals surface area (Å²) >= 11 is 0. The Morgan fingerprint density at radius 2 is 1.61 bits per heavy atom. The summed E-state index contributed by atoms with van der Waals surface area (Å²) in [6, 6.07) is 6.50. The number of hydrogen-bond donors (Lipinski definition) is 1. The van der Waals surface area contributed by atoms with Crippen LogP contribution in [-0.2, 0) is 18.8 Å². The van der Waals surface area contributed by atoms with Crippen LogP contribution in [0.15, 0.2) is 24.3 Å². The SMILES string of the molecule is CCCCOB(OCCCC)OC(=O)C(C)c1ccc(O)cc1. The van der Waals surface area contributed by atoms with Crippen LogP contribution >= 0.6 is 0 Å². The van der Waals surface area contributed by atoms with Crippen LogP contribution in [0.2, 0.25) is 0 Å². The first-order valence-corrected chi connectivity index (χ1v) is 8.31. The molecule has 1 rings (SSSR count). The van der Waals surface area contributed by atoms with Crippen LogP contribution in [0.1, 0.15) is 57.9 Å². The van der Waals surface area contributed by atoms with Crippen molar-refractivity contribution >= 4 is 13.3 Å². The summed E-state index contributed by atoms with van der Waals surface area (Å²) in [4.78, 5) is 12.3. The highest BCUT2D eigenvalue weighted by molar-refractivity contribution is 6.39. The quantitative estimate of drug-likeness (QED) is 0.497. The van der Waals surface area contributed by atoms with Crippen LogP contribution in [-0.4, -0.2) is 31.6 Å². The topological polar surface area (TPSA) is 65.0 Å². The van der Waals surface area contributed by atoms with Gasteiger partial charge in [0.25, 0.3) is 5.97 Å². The Balaban J connectivity index is 2.56. The number of carbonyl (C=O) groups is 1. The van der Waals surface area contributed by atoms with Crippen LogP contribution < -0.4 is 0 Å². The number of phenols is 1. The molecule has 0 saturated carbocycles. The molecule has 0 radical (unpaired) electrons. The second-order valence-corrected chi connectivity index (χ2v) is 5.49. The van der Waals surface area contributed by atoms with Gasteiger partial charge in [-0.05, 0) is 37.5 Å². The summed E-state index contributed by atoms with van der Waals surface area (Å²) in [5, 5.41) is 9.31. The zero-order valence-corrected chi connectivity index (χ0v) is 14.3. The molecule has 0 aliphatic rings. The monoisotopic (exact) mass is 322 g/mol. The molecule has 6 heteroatoms. The van der Waals surface area contributed by atoms with Gasteiger partial charge in [-0.2, -0.15) is 0 Å². The van der Waals surface area contributed by atoms with Gasteiger partial charge in [0.05, 0.1) is 5.92 Å². The Morgan fingerprint density at radius 3 is 2.09 bits per heavy atom. The molecule has 1 N–H and O–H groups in total. The first-order valence-electron chi connectivity index (χ1n) is 8.31. The molecule has 1 unspecified atom stereocenters. The maximum atomic E-state index is 12.3. The highest BCUT2D eigenvalue weighted by atomic mass is 16.7. The Morgan fingerprint density at radius 1 is 1.09 bits per heavy atom. The molecule has 1 aromatic carbocycles. The first-order chi connectivity index (χ1) is 11.1. The van der Waals surface area contributed by atoms with E-state index in [2.05, 4.69) is 13.8 Å². The minimum Gasteiger partial charge on any atom is -0.508 e. The highest BCUT2D eigenvalue weighted by Crippen LogP contribution is 2.20. The number of phenolic OH excluding ortho intramolecular Hbond substituents is 1. The van der Waals surface area contributed by atoms with Crippen molar-refractivity contribution in [2.24, 2.45) is 0 Å². The fourth-order valence-electron chi connectivity index (χ4n) is 1.86. The molecular formula is C17H27BO5. The maximum absolute atomic E-state index is 12.3. The smallest absolute Gasteiger partial charge is 0.508 e. The maximum Gasteiger partial charge on any atom is 0.715 e. The predicted molar refractivity (Wildman–Crippen MR) is 90.1 cm³/mol. The summed E-state index contributed by atoms with van der Waals surface area (Å²) in [5.74, 6) is -0.700. The molecule has 1 aromatic rings. The summed E-state index contributed by atoms with van der Waals surface area (Å²) < 4.78 is 16.3. The van der Waals surface area contributed by atoms with Gasteiger partial charge in [-0.15, -0.1) is 0 Å². The van der Waals surface area contributed by atoms with E-state index in [0.29, 0.717) is 13.2 Å². The van der Waals surface area contributed by atoms with Crippen molar-refractivity contribution in [2.75, 3.05) is 13.2 Å². The molecule has 1 atom stereocenters. The zero-order valence-electron chi connectivity index (χ0n) is 14.3. The number of aromatic hydroxyl groups is 1. The van der Waals surface area contributed by atoms with Crippen molar-refractivity contribution in [3.63, 3.8) is 0 Å². The summed E-state index contributed by atoms with van der Waals surface area (Å²) in [6.45, 7) is 6.87. The molecule has 128 valence electrons. The van der Waals surface area contributed by atoms with Crippen molar-refractivity contribution in [3.8, 4) is 5.75 Å². The standard InChI is InChI=1S/C17H27BO5/c1-4-6-12-21-18(22-13-7-5-2)23-17(20)14(3)15-8-10-16(19)11-9-15/h8-11,14,19H,4-7,12-13H2,1-3H3. The van der Waals surface area contributed by atoms with Crippen LogP contribution in [0.3, 0.4) is 0 Å². The molecule has 0 aliphatic carbocycles. The average molecular weight is 322 g/mol. The lowest BCUT2D eigenvalue weighted by atomic mass is 10.0. The average Bonchev–Trinajstić information content (AvgIpc) is 2.55. The third-order valence-corrected chi connectivity index (χ3v) is 3.46. The van der Waals surface area contributed by atoms with E-state index in [1.807, 2.05) is 0 Å². The molecule has 5 nitrogen and oxygen atoms in total. The van der Waals surface area contributed by atoms with E-state index in [1.54, 1.807) is 31.2 Å². The molecule has 0 amide bonds. The largest absolute Gasteiger partial charge is 0.715 e. The van der Waals surface area contributed by atoms with Gasteiger partial charge in [0.1, 0.15) is 5.75 Å². The van der Waals surface area contributed by atoms with Crippen molar-refractivity contribution in [3.05, 3.63) is 29.8 Å². The van der Waals surface area contributed by atoms with E-state index in [0.717, 1.165) is 31.2 Å². The number of carbonyl (C=O) groups excluding carboxylic acids is 1. The van der Waals surface area contributed by atoms with Gasteiger partial charge in [-0.1, -0.05) is 38.8 Å². The van der Waals surface area contributed by atoms with Gasteiger partial charge in [-0.25, -0.2) is 0 Å². The second-order valence-electron chi connectivity index (χ2n) is 5.49. The van der Waals surface area contributed by atoms with Crippen molar-refractivity contribution in [2.45, 2.75) is 52.4 Å². The minimum atomic E-state index is -0.958. The molecular weight excluding hydrogens is 295 g/mol. The molecule has 0 heterocycles. The predicted octanol–water partition coefficient (Wildman–Crippen LogP) is 3.66. The Hall–Kier alpha value is -1.53. The van der Waals surface area contributed by atoms with Crippen molar-refractivity contribution in [1.82, 2.24) is 0 Å². The van der Waals surface area contributed by atoms with Crippen LogP contribution in [0.5, 0.6) is 5.75 Å². The van der Waals surface area contributed by atoms with E-state index in [4.69, 9.17) is 14.0 Å². The fraction of sp³-hybridized carbons (Fsp3) is 0.588. The molecule has 0 aromatic heterocycles. The number of hydrogen-bond acceptors (Lipinski definition) is 5. The van der Waals surface area contributed by atoms with Gasteiger partial charge in [-0.3, -0.25) is 4.79 Å². The summed E-state index contributed by atoms with van der Waals surface area (Å²) in [6.07, 6.45) is 3.77. The van der Waals surface area contributed by atoms with Gasteiger partial charge in [0.2, 0.25) is 0 Å². The van der Waals surface area contributed by atoms with Crippen molar-refractivity contribution in [1.29, 1.82) is 0 Å². The van der Waals surface area contributed by atoms with E-state index in [9.17, 15) is 9.90 Å². The Labute approximate surface area is 139 Å². The van der Waals surface area contributed by atoms with E-state index in [1.165, 1.54) is 0 Å². The lowest BCUT2D eigenvalue weighted by molar-refractivity contribution is -0.139. The zero-order chi connectivity index (χ0) is 17.1. The van der Waals surface area contributed by atoms with Crippen LogP contribution in [0.25, 0.3) is 0 Å². The normalized spacial score (nSPS) is 12.0. The second kappa shape index (κ2) is 11.1. The Kier molecular flexibility index (Phi) is 9.40. The van der Waals surface area contributed by atoms with Crippen LogP contribution in [0.4, 0.5) is 0 Å². The summed E-state index contributed by atoms with van der Waals surface area (Å²) in [7, 11) is -0.958. The molecule has 0 saturated heterocycles. The number of unbranched alkanes of at least 4 members (excludes halogenated alkanes) is 2.